The molecule has 0 fully saturated rings. The average molecular weight is 226 g/mol. The highest BCUT2D eigenvalue weighted by Crippen LogP contribution is 2.37. The number of carbonyl (C=O) groups excluding carboxylic acids is 1. The maximum atomic E-state index is 12.0. The topological polar surface area (TPSA) is 29.5 Å². The molecule has 0 spiro atoms. The molecule has 0 saturated heterocycles. The van der Waals surface area contributed by atoms with Gasteiger partial charge in [-0.2, -0.15) is 0 Å². The van der Waals surface area contributed by atoms with Crippen molar-refractivity contribution in [3.63, 3.8) is 0 Å². The van der Waals surface area contributed by atoms with Crippen molar-refractivity contribution in [3.8, 4) is 0 Å². The lowest BCUT2D eigenvalue weighted by molar-refractivity contribution is -0.0101. The van der Waals surface area contributed by atoms with E-state index in [0.717, 1.165) is 5.56 Å². The molecule has 1 aromatic carbocycles. The Kier molecular flexibility index (Phi) is 2.67. The van der Waals surface area contributed by atoms with Crippen molar-refractivity contribution in [2.24, 2.45) is 0 Å². The number of hydrogen-bond acceptors (Lipinski definition) is 2. The van der Waals surface area contributed by atoms with Gasteiger partial charge in [0.25, 0.3) is 5.91 Å². The third-order valence-corrected chi connectivity index (χ3v) is 2.95. The van der Waals surface area contributed by atoms with Gasteiger partial charge in [0, 0.05) is 19.2 Å². The standard InChI is InChI=1S/C11H12ClNO2/c1-3-13-10(14)9-7(11(13)15-2)5-4-6-8(9)12/h4-6,11H,3H2,1-2H3. The number of amides is 1. The van der Waals surface area contributed by atoms with Crippen LogP contribution in [0.5, 0.6) is 0 Å². The molecular weight excluding hydrogens is 214 g/mol. The summed E-state index contributed by atoms with van der Waals surface area (Å²) in [5, 5.41) is 0.496. The van der Waals surface area contributed by atoms with Crippen molar-refractivity contribution in [2.45, 2.75) is 13.2 Å². The number of carbonyl (C=O) groups is 1. The average Bonchev–Trinajstić information content (AvgIpc) is 2.52. The van der Waals surface area contributed by atoms with Gasteiger partial charge >= 0.3 is 0 Å². The molecule has 2 rings (SSSR count). The van der Waals surface area contributed by atoms with Crippen LogP contribution >= 0.6 is 11.6 Å². The van der Waals surface area contributed by atoms with Gasteiger partial charge in [0.1, 0.15) is 0 Å². The molecule has 0 N–H and O–H groups in total. The Bertz CT molecular complexity index is 406. The van der Waals surface area contributed by atoms with Gasteiger partial charge in [-0.3, -0.25) is 4.79 Å². The molecule has 1 heterocycles. The second-order valence-electron chi connectivity index (χ2n) is 3.38. The fourth-order valence-corrected chi connectivity index (χ4v) is 2.22. The van der Waals surface area contributed by atoms with Crippen molar-refractivity contribution in [2.75, 3.05) is 13.7 Å². The van der Waals surface area contributed by atoms with Crippen molar-refractivity contribution in [1.82, 2.24) is 4.90 Å². The normalized spacial score (nSPS) is 19.5. The third kappa shape index (κ3) is 1.43. The molecule has 0 saturated carbocycles. The smallest absolute Gasteiger partial charge is 0.258 e. The first-order valence-electron chi connectivity index (χ1n) is 4.82. The zero-order valence-electron chi connectivity index (χ0n) is 8.66. The number of fused-ring (bicyclic) bond motifs is 1. The van der Waals surface area contributed by atoms with Crippen molar-refractivity contribution in [3.05, 3.63) is 34.3 Å². The van der Waals surface area contributed by atoms with E-state index in [1.165, 1.54) is 0 Å². The minimum atomic E-state index is -0.295. The molecule has 0 radical (unpaired) electrons. The van der Waals surface area contributed by atoms with E-state index in [2.05, 4.69) is 0 Å². The molecule has 0 aromatic heterocycles. The molecule has 0 aliphatic carbocycles. The summed E-state index contributed by atoms with van der Waals surface area (Å²) < 4.78 is 5.31. The lowest BCUT2D eigenvalue weighted by atomic mass is 10.1. The van der Waals surface area contributed by atoms with Gasteiger partial charge in [0.2, 0.25) is 0 Å². The van der Waals surface area contributed by atoms with Gasteiger partial charge in [-0.05, 0) is 13.0 Å². The van der Waals surface area contributed by atoms with E-state index in [4.69, 9.17) is 16.3 Å². The SMILES string of the molecule is CCN1C(=O)c2c(Cl)cccc2C1OC. The number of ether oxygens (including phenoxy) is 1. The molecule has 1 aromatic rings. The number of benzene rings is 1. The fourth-order valence-electron chi connectivity index (χ4n) is 1.95. The molecule has 15 heavy (non-hydrogen) atoms. The molecule has 1 atom stereocenters. The third-order valence-electron chi connectivity index (χ3n) is 2.63. The van der Waals surface area contributed by atoms with Gasteiger partial charge in [-0.15, -0.1) is 0 Å². The minimum Gasteiger partial charge on any atom is -0.357 e. The van der Waals surface area contributed by atoms with E-state index in [9.17, 15) is 4.79 Å². The summed E-state index contributed by atoms with van der Waals surface area (Å²) in [6, 6.07) is 5.44. The van der Waals surface area contributed by atoms with Crippen LogP contribution in [-0.2, 0) is 4.74 Å². The minimum absolute atomic E-state index is 0.0510. The van der Waals surface area contributed by atoms with Gasteiger partial charge in [-0.1, -0.05) is 23.7 Å². The van der Waals surface area contributed by atoms with Crippen LogP contribution < -0.4 is 0 Å². The molecule has 1 amide bonds. The predicted molar refractivity (Wildman–Crippen MR) is 57.9 cm³/mol. The zero-order chi connectivity index (χ0) is 11.0. The maximum Gasteiger partial charge on any atom is 0.258 e. The summed E-state index contributed by atoms with van der Waals surface area (Å²) >= 11 is 6.01. The van der Waals surface area contributed by atoms with Gasteiger partial charge in [0.15, 0.2) is 6.23 Å². The van der Waals surface area contributed by atoms with Crippen LogP contribution in [0.3, 0.4) is 0 Å². The quantitative estimate of drug-likeness (QED) is 0.774. The van der Waals surface area contributed by atoms with Crippen molar-refractivity contribution in [1.29, 1.82) is 0 Å². The monoisotopic (exact) mass is 225 g/mol. The van der Waals surface area contributed by atoms with Crippen LogP contribution in [0.4, 0.5) is 0 Å². The van der Waals surface area contributed by atoms with E-state index < -0.39 is 0 Å². The summed E-state index contributed by atoms with van der Waals surface area (Å²) in [4.78, 5) is 13.6. The first-order chi connectivity index (χ1) is 7.20. The van der Waals surface area contributed by atoms with Gasteiger partial charge in [0.05, 0.1) is 10.6 Å². The first kappa shape index (κ1) is 10.5. The maximum absolute atomic E-state index is 12.0. The van der Waals surface area contributed by atoms with E-state index >= 15 is 0 Å². The Hall–Kier alpha value is -1.06. The largest absolute Gasteiger partial charge is 0.357 e. The fraction of sp³-hybridized carbons (Fsp3) is 0.364. The van der Waals surface area contributed by atoms with Gasteiger partial charge in [-0.25, -0.2) is 0 Å². The highest BCUT2D eigenvalue weighted by molar-refractivity contribution is 6.34. The van der Waals surface area contributed by atoms with Crippen LogP contribution in [0.25, 0.3) is 0 Å². The number of methoxy groups -OCH3 is 1. The van der Waals surface area contributed by atoms with E-state index in [1.54, 1.807) is 18.1 Å². The van der Waals surface area contributed by atoms with Crippen molar-refractivity contribution < 1.29 is 9.53 Å². The summed E-state index contributed by atoms with van der Waals surface area (Å²) in [7, 11) is 1.59. The summed E-state index contributed by atoms with van der Waals surface area (Å²) in [5.41, 5.74) is 1.43. The van der Waals surface area contributed by atoms with Crippen LogP contribution in [0.1, 0.15) is 29.1 Å². The van der Waals surface area contributed by atoms with Crippen LogP contribution in [0, 0.1) is 0 Å². The summed E-state index contributed by atoms with van der Waals surface area (Å²) in [5.74, 6) is -0.0510. The van der Waals surface area contributed by atoms with Crippen LogP contribution in [0.15, 0.2) is 18.2 Å². The molecule has 4 heteroatoms. The number of nitrogens with zero attached hydrogens (tertiary/aromatic N) is 1. The Balaban J connectivity index is 2.56. The van der Waals surface area contributed by atoms with E-state index in [0.29, 0.717) is 17.1 Å². The highest BCUT2D eigenvalue weighted by atomic mass is 35.5. The van der Waals surface area contributed by atoms with E-state index in [1.807, 2.05) is 19.1 Å². The predicted octanol–water partition coefficient (Wildman–Crippen LogP) is 2.46. The lowest BCUT2D eigenvalue weighted by Crippen LogP contribution is -2.28. The zero-order valence-corrected chi connectivity index (χ0v) is 9.41. The van der Waals surface area contributed by atoms with E-state index in [-0.39, 0.29) is 12.1 Å². The van der Waals surface area contributed by atoms with Crippen LogP contribution in [-0.4, -0.2) is 24.5 Å². The Morgan fingerprint density at radius 3 is 2.87 bits per heavy atom. The second kappa shape index (κ2) is 3.83. The molecule has 1 aliphatic heterocycles. The Morgan fingerprint density at radius 2 is 2.27 bits per heavy atom. The molecular formula is C11H12ClNO2. The Morgan fingerprint density at radius 1 is 1.53 bits per heavy atom. The molecule has 1 aliphatic rings. The summed E-state index contributed by atoms with van der Waals surface area (Å²) in [6.07, 6.45) is -0.295. The molecule has 0 bridgehead atoms. The first-order valence-corrected chi connectivity index (χ1v) is 5.20. The summed E-state index contributed by atoms with van der Waals surface area (Å²) in [6.45, 7) is 2.53. The van der Waals surface area contributed by atoms with Crippen LogP contribution in [0.2, 0.25) is 5.02 Å². The highest BCUT2D eigenvalue weighted by Gasteiger charge is 2.37. The number of halogens is 1. The lowest BCUT2D eigenvalue weighted by Gasteiger charge is -2.21. The molecule has 1 unspecified atom stereocenters. The molecule has 80 valence electrons. The Labute approximate surface area is 93.6 Å². The van der Waals surface area contributed by atoms with Gasteiger partial charge < -0.3 is 9.64 Å². The van der Waals surface area contributed by atoms with Crippen molar-refractivity contribution >= 4 is 17.5 Å². The second-order valence-corrected chi connectivity index (χ2v) is 3.79. The number of hydrogen-bond donors (Lipinski definition) is 0. The number of rotatable bonds is 2. The molecule has 3 nitrogen and oxygen atoms in total.